The molecule has 0 aromatic carbocycles. The van der Waals surface area contributed by atoms with Crippen LogP contribution in [0.2, 0.25) is 0 Å². The minimum Gasteiger partial charge on any atom is -0.478 e. The molecule has 1 saturated heterocycles. The number of amides is 1. The van der Waals surface area contributed by atoms with Gasteiger partial charge in [-0.15, -0.1) is 0 Å². The van der Waals surface area contributed by atoms with Gasteiger partial charge in [-0.1, -0.05) is 6.92 Å². The number of carbonyl (C=O) groups excluding carboxylic acids is 1. The lowest BCUT2D eigenvalue weighted by Crippen LogP contribution is -2.46. The van der Waals surface area contributed by atoms with Crippen LogP contribution in [0.25, 0.3) is 0 Å². The average Bonchev–Trinajstić information content (AvgIpc) is 2.81. The second-order valence-electron chi connectivity index (χ2n) is 4.83. The number of likely N-dealkylation sites (tertiary alicyclic amines) is 1. The second kappa shape index (κ2) is 4.84. The molecule has 1 aliphatic heterocycles. The van der Waals surface area contributed by atoms with Crippen molar-refractivity contribution < 1.29 is 19.1 Å². The smallest absolute Gasteiger partial charge is 0.339 e. The average molecular weight is 251 g/mol. The van der Waals surface area contributed by atoms with Gasteiger partial charge in [0.1, 0.15) is 5.56 Å². The fraction of sp³-hybridized carbons (Fsp3) is 0.538. The maximum absolute atomic E-state index is 12.3. The molecule has 5 nitrogen and oxygen atoms in total. The van der Waals surface area contributed by atoms with Crippen molar-refractivity contribution in [3.8, 4) is 0 Å². The van der Waals surface area contributed by atoms with Crippen LogP contribution in [0.3, 0.4) is 0 Å². The molecule has 0 bridgehead atoms. The molecule has 5 heteroatoms. The Balaban J connectivity index is 2.25. The summed E-state index contributed by atoms with van der Waals surface area (Å²) in [5.74, 6) is -1.10. The van der Waals surface area contributed by atoms with E-state index in [0.29, 0.717) is 12.5 Å². The van der Waals surface area contributed by atoms with E-state index in [2.05, 4.69) is 6.92 Å². The number of nitrogens with zero attached hydrogens (tertiary/aromatic N) is 1. The number of carboxylic acids is 1. The summed E-state index contributed by atoms with van der Waals surface area (Å²) in [7, 11) is 0. The van der Waals surface area contributed by atoms with Gasteiger partial charge in [0.25, 0.3) is 5.91 Å². The Bertz CT molecular complexity index is 465. The molecule has 0 saturated carbocycles. The van der Waals surface area contributed by atoms with Gasteiger partial charge < -0.3 is 14.4 Å². The molecule has 1 fully saturated rings. The monoisotopic (exact) mass is 251 g/mol. The molecule has 2 atom stereocenters. The molecule has 18 heavy (non-hydrogen) atoms. The third-order valence-electron chi connectivity index (χ3n) is 3.72. The number of carboxylic acid groups (broad SMARTS) is 1. The van der Waals surface area contributed by atoms with Gasteiger partial charge in [0.2, 0.25) is 5.76 Å². The largest absolute Gasteiger partial charge is 0.478 e. The van der Waals surface area contributed by atoms with Crippen molar-refractivity contribution in [2.45, 2.75) is 32.7 Å². The number of furan rings is 1. The van der Waals surface area contributed by atoms with E-state index in [1.807, 2.05) is 6.92 Å². The van der Waals surface area contributed by atoms with Gasteiger partial charge in [-0.05, 0) is 31.7 Å². The molecule has 2 unspecified atom stereocenters. The predicted molar refractivity (Wildman–Crippen MR) is 64.6 cm³/mol. The van der Waals surface area contributed by atoms with Gasteiger partial charge in [-0.3, -0.25) is 4.79 Å². The highest BCUT2D eigenvalue weighted by Gasteiger charge is 2.32. The maximum Gasteiger partial charge on any atom is 0.339 e. The number of aromatic carboxylic acids is 1. The van der Waals surface area contributed by atoms with Crippen LogP contribution < -0.4 is 0 Å². The molecule has 1 amide bonds. The molecule has 2 heterocycles. The molecule has 0 radical (unpaired) electrons. The summed E-state index contributed by atoms with van der Waals surface area (Å²) in [6.45, 7) is 4.75. The van der Waals surface area contributed by atoms with Crippen molar-refractivity contribution >= 4 is 11.9 Å². The molecule has 1 N–H and O–H groups in total. The van der Waals surface area contributed by atoms with Crippen LogP contribution >= 0.6 is 0 Å². The van der Waals surface area contributed by atoms with Gasteiger partial charge in [0.05, 0.1) is 6.26 Å². The summed E-state index contributed by atoms with van der Waals surface area (Å²) in [6.07, 6.45) is 3.28. The highest BCUT2D eigenvalue weighted by Crippen LogP contribution is 2.25. The van der Waals surface area contributed by atoms with E-state index in [1.54, 1.807) is 4.90 Å². The summed E-state index contributed by atoms with van der Waals surface area (Å²) in [5, 5.41) is 8.99. The first-order valence-electron chi connectivity index (χ1n) is 6.14. The molecule has 1 aromatic heterocycles. The quantitative estimate of drug-likeness (QED) is 0.875. The number of rotatable bonds is 2. The first kappa shape index (κ1) is 12.7. The van der Waals surface area contributed by atoms with E-state index in [4.69, 9.17) is 9.52 Å². The van der Waals surface area contributed by atoms with Crippen molar-refractivity contribution in [2.24, 2.45) is 5.92 Å². The fourth-order valence-electron chi connectivity index (χ4n) is 2.40. The fourth-order valence-corrected chi connectivity index (χ4v) is 2.40. The molecule has 2 rings (SSSR count). The van der Waals surface area contributed by atoms with Gasteiger partial charge in [0.15, 0.2) is 0 Å². The summed E-state index contributed by atoms with van der Waals surface area (Å²) in [4.78, 5) is 25.0. The number of piperidine rings is 1. The van der Waals surface area contributed by atoms with E-state index >= 15 is 0 Å². The summed E-state index contributed by atoms with van der Waals surface area (Å²) in [6, 6.07) is 1.42. The van der Waals surface area contributed by atoms with Crippen molar-refractivity contribution in [1.82, 2.24) is 4.90 Å². The minimum absolute atomic E-state index is 0.0644. The Morgan fingerprint density at radius 1 is 1.44 bits per heavy atom. The molecule has 0 spiro atoms. The lowest BCUT2D eigenvalue weighted by Gasteiger charge is -2.37. The maximum atomic E-state index is 12.3. The normalized spacial score (nSPS) is 24.0. The Morgan fingerprint density at radius 3 is 2.83 bits per heavy atom. The molecule has 1 aliphatic rings. The van der Waals surface area contributed by atoms with Crippen molar-refractivity contribution in [3.05, 3.63) is 23.7 Å². The SMILES string of the molecule is CC1CCCN(C(=O)c2occc2C(=O)O)C1C. The summed E-state index contributed by atoms with van der Waals surface area (Å²) < 4.78 is 5.05. The van der Waals surface area contributed by atoms with E-state index in [-0.39, 0.29) is 23.3 Å². The highest BCUT2D eigenvalue weighted by atomic mass is 16.4. The first-order chi connectivity index (χ1) is 8.52. The standard InChI is InChI=1S/C13H17NO4/c1-8-4-3-6-14(9(8)2)12(15)11-10(13(16)17)5-7-18-11/h5,7-9H,3-4,6H2,1-2H3,(H,16,17). The number of hydrogen-bond acceptors (Lipinski definition) is 3. The van der Waals surface area contributed by atoms with Crippen LogP contribution in [0.15, 0.2) is 16.7 Å². The van der Waals surface area contributed by atoms with Crippen LogP contribution in [0.4, 0.5) is 0 Å². The van der Waals surface area contributed by atoms with Gasteiger partial charge >= 0.3 is 5.97 Å². The third kappa shape index (κ3) is 2.12. The Morgan fingerprint density at radius 2 is 2.17 bits per heavy atom. The van der Waals surface area contributed by atoms with Crippen LogP contribution in [0, 0.1) is 5.92 Å². The first-order valence-corrected chi connectivity index (χ1v) is 6.14. The minimum atomic E-state index is -1.13. The van der Waals surface area contributed by atoms with Crippen LogP contribution in [0.5, 0.6) is 0 Å². The second-order valence-corrected chi connectivity index (χ2v) is 4.83. The van der Waals surface area contributed by atoms with Crippen LogP contribution in [-0.2, 0) is 0 Å². The van der Waals surface area contributed by atoms with Crippen molar-refractivity contribution in [3.63, 3.8) is 0 Å². The summed E-state index contributed by atoms with van der Waals surface area (Å²) >= 11 is 0. The third-order valence-corrected chi connectivity index (χ3v) is 3.72. The van der Waals surface area contributed by atoms with Crippen LogP contribution in [-0.4, -0.2) is 34.5 Å². The van der Waals surface area contributed by atoms with Crippen molar-refractivity contribution in [2.75, 3.05) is 6.54 Å². The molecule has 1 aromatic rings. The highest BCUT2D eigenvalue weighted by molar-refractivity contribution is 6.02. The summed E-state index contributed by atoms with van der Waals surface area (Å²) in [5.41, 5.74) is -0.0644. The Kier molecular flexibility index (Phi) is 3.41. The molecular formula is C13H17NO4. The molecule has 0 aliphatic carbocycles. The Hall–Kier alpha value is -1.78. The number of hydrogen-bond donors (Lipinski definition) is 1. The van der Waals surface area contributed by atoms with Crippen LogP contribution in [0.1, 0.15) is 47.6 Å². The van der Waals surface area contributed by atoms with Crippen molar-refractivity contribution in [1.29, 1.82) is 0 Å². The zero-order valence-corrected chi connectivity index (χ0v) is 10.5. The van der Waals surface area contributed by atoms with E-state index in [9.17, 15) is 9.59 Å². The molecule has 98 valence electrons. The van der Waals surface area contributed by atoms with E-state index in [1.165, 1.54) is 12.3 Å². The molecular weight excluding hydrogens is 234 g/mol. The van der Waals surface area contributed by atoms with Gasteiger partial charge in [0, 0.05) is 12.6 Å². The zero-order valence-electron chi connectivity index (χ0n) is 10.5. The van der Waals surface area contributed by atoms with Gasteiger partial charge in [-0.2, -0.15) is 0 Å². The zero-order chi connectivity index (χ0) is 13.3. The van der Waals surface area contributed by atoms with Gasteiger partial charge in [-0.25, -0.2) is 4.79 Å². The lowest BCUT2D eigenvalue weighted by atomic mass is 9.92. The topological polar surface area (TPSA) is 70.8 Å². The van der Waals surface area contributed by atoms with E-state index < -0.39 is 5.97 Å². The lowest BCUT2D eigenvalue weighted by molar-refractivity contribution is 0.0507. The van der Waals surface area contributed by atoms with E-state index in [0.717, 1.165) is 12.8 Å². The number of carbonyl (C=O) groups is 2. The predicted octanol–water partition coefficient (Wildman–Crippen LogP) is 2.24. The Labute approximate surface area is 105 Å².